The van der Waals surface area contributed by atoms with Crippen molar-refractivity contribution in [1.82, 2.24) is 0 Å². The number of halogens is 1. The molecule has 1 aromatic rings. The van der Waals surface area contributed by atoms with Gasteiger partial charge in [0.05, 0.1) is 13.2 Å². The van der Waals surface area contributed by atoms with Crippen LogP contribution in [0, 0.1) is 5.82 Å². The van der Waals surface area contributed by atoms with Crippen molar-refractivity contribution in [3.63, 3.8) is 0 Å². The second-order valence-electron chi connectivity index (χ2n) is 8.99. The van der Waals surface area contributed by atoms with Crippen molar-refractivity contribution in [2.45, 2.75) is 83.0 Å². The molecule has 3 aliphatic heterocycles. The van der Waals surface area contributed by atoms with Crippen LogP contribution < -0.4 is 0 Å². The molecule has 0 aromatic heterocycles. The van der Waals surface area contributed by atoms with Crippen molar-refractivity contribution in [2.75, 3.05) is 13.2 Å². The lowest BCUT2D eigenvalue weighted by atomic mass is 9.97. The van der Waals surface area contributed by atoms with E-state index >= 15 is 0 Å². The van der Waals surface area contributed by atoms with Crippen LogP contribution in [0.1, 0.15) is 40.2 Å². The van der Waals surface area contributed by atoms with Gasteiger partial charge in [-0.1, -0.05) is 12.1 Å². The molecule has 3 saturated heterocycles. The molecule has 8 nitrogen and oxygen atoms in total. The molecule has 3 heterocycles. The van der Waals surface area contributed by atoms with Crippen LogP contribution in [-0.4, -0.2) is 61.0 Å². The van der Waals surface area contributed by atoms with Gasteiger partial charge in [0.25, 0.3) is 0 Å². The van der Waals surface area contributed by atoms with Crippen LogP contribution in [0.2, 0.25) is 0 Å². The SMILES string of the molecule is CC(OCc1ccc(F)cc1)C(=O)OC1[C@@H]2OC(C)(C)O[C@@H]2COC12COC(C)(C)O2. The average molecular weight is 440 g/mol. The van der Waals surface area contributed by atoms with Crippen LogP contribution in [0.25, 0.3) is 0 Å². The Morgan fingerprint density at radius 3 is 2.48 bits per heavy atom. The zero-order valence-corrected chi connectivity index (χ0v) is 18.4. The van der Waals surface area contributed by atoms with Gasteiger partial charge in [0, 0.05) is 0 Å². The van der Waals surface area contributed by atoms with Crippen LogP contribution in [0.5, 0.6) is 0 Å². The van der Waals surface area contributed by atoms with Gasteiger partial charge >= 0.3 is 5.97 Å². The molecule has 0 amide bonds. The van der Waals surface area contributed by atoms with E-state index in [9.17, 15) is 9.18 Å². The first-order valence-corrected chi connectivity index (χ1v) is 10.4. The highest BCUT2D eigenvalue weighted by Crippen LogP contribution is 2.45. The summed E-state index contributed by atoms with van der Waals surface area (Å²) < 4.78 is 54.3. The van der Waals surface area contributed by atoms with Crippen molar-refractivity contribution < 1.29 is 42.3 Å². The lowest BCUT2D eigenvalue weighted by Crippen LogP contribution is -2.63. The van der Waals surface area contributed by atoms with Gasteiger partial charge in [0.1, 0.15) is 24.6 Å². The Hall–Kier alpha value is -1.62. The molecule has 3 unspecified atom stereocenters. The zero-order valence-electron chi connectivity index (χ0n) is 18.4. The fourth-order valence-electron chi connectivity index (χ4n) is 4.01. The van der Waals surface area contributed by atoms with E-state index in [2.05, 4.69) is 0 Å². The summed E-state index contributed by atoms with van der Waals surface area (Å²) in [6.07, 6.45) is -2.80. The molecule has 0 aliphatic carbocycles. The molecular formula is C22H29FO8. The van der Waals surface area contributed by atoms with Crippen molar-refractivity contribution in [3.8, 4) is 0 Å². The number of carbonyl (C=O) groups excluding carboxylic acids is 1. The van der Waals surface area contributed by atoms with E-state index in [4.69, 9.17) is 33.2 Å². The topological polar surface area (TPSA) is 81.7 Å². The highest BCUT2D eigenvalue weighted by Gasteiger charge is 2.64. The van der Waals surface area contributed by atoms with Crippen molar-refractivity contribution in [1.29, 1.82) is 0 Å². The second kappa shape index (κ2) is 8.06. The summed E-state index contributed by atoms with van der Waals surface area (Å²) in [6, 6.07) is 5.87. The number of benzene rings is 1. The van der Waals surface area contributed by atoms with Crippen LogP contribution in [-0.2, 0) is 44.6 Å². The Bertz CT molecular complexity index is 808. The average Bonchev–Trinajstić information content (AvgIpc) is 3.18. The molecule has 172 valence electrons. The van der Waals surface area contributed by atoms with E-state index in [1.54, 1.807) is 46.8 Å². The lowest BCUT2D eigenvalue weighted by molar-refractivity contribution is -0.329. The Balaban J connectivity index is 1.47. The van der Waals surface area contributed by atoms with E-state index in [0.29, 0.717) is 0 Å². The summed E-state index contributed by atoms with van der Waals surface area (Å²) in [4.78, 5) is 12.9. The van der Waals surface area contributed by atoms with Crippen molar-refractivity contribution in [3.05, 3.63) is 35.6 Å². The molecule has 3 aliphatic rings. The van der Waals surface area contributed by atoms with Gasteiger partial charge in [-0.15, -0.1) is 0 Å². The van der Waals surface area contributed by atoms with E-state index in [-0.39, 0.29) is 25.6 Å². The van der Waals surface area contributed by atoms with Crippen LogP contribution >= 0.6 is 0 Å². The quantitative estimate of drug-likeness (QED) is 0.647. The normalized spacial score (nSPS) is 34.5. The third-order valence-corrected chi connectivity index (χ3v) is 5.47. The molecule has 4 rings (SSSR count). The number of hydrogen-bond donors (Lipinski definition) is 0. The van der Waals surface area contributed by atoms with E-state index in [1.165, 1.54) is 12.1 Å². The molecule has 5 atom stereocenters. The molecule has 3 fully saturated rings. The Labute approximate surface area is 180 Å². The molecule has 0 radical (unpaired) electrons. The van der Waals surface area contributed by atoms with Crippen molar-refractivity contribution in [2.24, 2.45) is 0 Å². The molecular weight excluding hydrogens is 411 g/mol. The Kier molecular flexibility index (Phi) is 5.87. The highest BCUT2D eigenvalue weighted by molar-refractivity contribution is 5.74. The summed E-state index contributed by atoms with van der Waals surface area (Å²) in [5.41, 5.74) is 0.738. The van der Waals surface area contributed by atoms with Gasteiger partial charge in [-0.05, 0) is 52.3 Å². The zero-order chi connectivity index (χ0) is 22.4. The number of rotatable bonds is 5. The third-order valence-electron chi connectivity index (χ3n) is 5.47. The summed E-state index contributed by atoms with van der Waals surface area (Å²) in [5.74, 6) is -4.00. The fourth-order valence-corrected chi connectivity index (χ4v) is 4.01. The van der Waals surface area contributed by atoms with Gasteiger partial charge < -0.3 is 33.2 Å². The summed E-state index contributed by atoms with van der Waals surface area (Å²) in [7, 11) is 0. The highest BCUT2D eigenvalue weighted by atomic mass is 19.1. The maximum Gasteiger partial charge on any atom is 0.335 e. The molecule has 1 aromatic carbocycles. The second-order valence-corrected chi connectivity index (χ2v) is 8.99. The number of esters is 1. The predicted molar refractivity (Wildman–Crippen MR) is 104 cm³/mol. The first-order valence-electron chi connectivity index (χ1n) is 10.4. The number of ether oxygens (including phenoxy) is 7. The fraction of sp³-hybridized carbons (Fsp3) is 0.682. The Morgan fingerprint density at radius 1 is 1.13 bits per heavy atom. The maximum absolute atomic E-state index is 13.1. The van der Waals surface area contributed by atoms with Gasteiger partial charge in [0.15, 0.2) is 23.8 Å². The molecule has 31 heavy (non-hydrogen) atoms. The van der Waals surface area contributed by atoms with Crippen LogP contribution in [0.3, 0.4) is 0 Å². The minimum absolute atomic E-state index is 0.0791. The number of carbonyl (C=O) groups is 1. The van der Waals surface area contributed by atoms with Crippen molar-refractivity contribution >= 4 is 5.97 Å². The first-order chi connectivity index (χ1) is 14.5. The lowest BCUT2D eigenvalue weighted by Gasteiger charge is -2.43. The Morgan fingerprint density at radius 2 is 1.84 bits per heavy atom. The minimum atomic E-state index is -1.30. The molecule has 0 N–H and O–H groups in total. The number of hydrogen-bond acceptors (Lipinski definition) is 8. The van der Waals surface area contributed by atoms with E-state index < -0.39 is 47.7 Å². The minimum Gasteiger partial charge on any atom is -0.452 e. The van der Waals surface area contributed by atoms with Gasteiger partial charge in [-0.2, -0.15) is 0 Å². The van der Waals surface area contributed by atoms with Crippen LogP contribution in [0.15, 0.2) is 24.3 Å². The summed E-state index contributed by atoms with van der Waals surface area (Å²) in [5, 5.41) is 0. The van der Waals surface area contributed by atoms with E-state index in [0.717, 1.165) is 5.56 Å². The molecule has 0 bridgehead atoms. The molecule has 9 heteroatoms. The first kappa shape index (κ1) is 22.6. The number of fused-ring (bicyclic) bond motifs is 1. The van der Waals surface area contributed by atoms with Crippen LogP contribution in [0.4, 0.5) is 4.39 Å². The smallest absolute Gasteiger partial charge is 0.335 e. The van der Waals surface area contributed by atoms with Gasteiger partial charge in [-0.3, -0.25) is 0 Å². The maximum atomic E-state index is 13.1. The van der Waals surface area contributed by atoms with E-state index in [1.807, 2.05) is 0 Å². The monoisotopic (exact) mass is 440 g/mol. The molecule has 1 spiro atoms. The third kappa shape index (κ3) is 4.76. The predicted octanol–water partition coefficient (Wildman–Crippen LogP) is 2.67. The summed E-state index contributed by atoms with van der Waals surface area (Å²) in [6.45, 7) is 9.14. The summed E-state index contributed by atoms with van der Waals surface area (Å²) >= 11 is 0. The van der Waals surface area contributed by atoms with Gasteiger partial charge in [-0.25, -0.2) is 9.18 Å². The largest absolute Gasteiger partial charge is 0.452 e. The molecule has 0 saturated carbocycles. The van der Waals surface area contributed by atoms with Gasteiger partial charge in [0.2, 0.25) is 5.79 Å². The standard InChI is InChI=1S/C22H29FO8/c1-13(25-10-14-6-8-15(23)9-7-14)19(24)28-18-17-16(29-21(4,5)30-17)11-26-22(18)12-27-20(2,3)31-22/h6-9,13,16-18H,10-12H2,1-5H3/t13?,16-,17-,18?,22?/m1/s1.